The third-order valence-corrected chi connectivity index (χ3v) is 3.11. The highest BCUT2D eigenvalue weighted by Crippen LogP contribution is 2.23. The van der Waals surface area contributed by atoms with Gasteiger partial charge in [-0.2, -0.15) is 5.10 Å². The SMILES string of the molecule is Cc1cc(-c2cc(C)n(C)n2)ccc1S. The lowest BCUT2D eigenvalue weighted by Crippen LogP contribution is -1.92. The largest absolute Gasteiger partial charge is 0.272 e. The van der Waals surface area contributed by atoms with Crippen LogP contribution in [0.1, 0.15) is 11.3 Å². The van der Waals surface area contributed by atoms with Gasteiger partial charge in [0.15, 0.2) is 0 Å². The molecule has 0 amide bonds. The summed E-state index contributed by atoms with van der Waals surface area (Å²) >= 11 is 4.36. The number of hydrogen-bond donors (Lipinski definition) is 1. The van der Waals surface area contributed by atoms with Crippen molar-refractivity contribution in [3.05, 3.63) is 35.5 Å². The van der Waals surface area contributed by atoms with Gasteiger partial charge in [-0.1, -0.05) is 6.07 Å². The molecule has 0 atom stereocenters. The highest BCUT2D eigenvalue weighted by molar-refractivity contribution is 7.80. The fraction of sp³-hybridized carbons (Fsp3) is 0.250. The summed E-state index contributed by atoms with van der Waals surface area (Å²) in [6.07, 6.45) is 0. The third-order valence-electron chi connectivity index (χ3n) is 2.61. The molecular formula is C12H14N2S. The number of aryl methyl sites for hydroxylation is 3. The van der Waals surface area contributed by atoms with Gasteiger partial charge in [0.1, 0.15) is 0 Å². The minimum Gasteiger partial charge on any atom is -0.272 e. The van der Waals surface area contributed by atoms with Gasteiger partial charge in [0, 0.05) is 23.2 Å². The summed E-state index contributed by atoms with van der Waals surface area (Å²) in [7, 11) is 1.96. The topological polar surface area (TPSA) is 17.8 Å². The van der Waals surface area contributed by atoms with Crippen molar-refractivity contribution in [1.29, 1.82) is 0 Å². The zero-order valence-corrected chi connectivity index (χ0v) is 10.0. The van der Waals surface area contributed by atoms with Crippen LogP contribution in [0, 0.1) is 13.8 Å². The highest BCUT2D eigenvalue weighted by atomic mass is 32.1. The molecule has 0 unspecified atom stereocenters. The lowest BCUT2D eigenvalue weighted by Gasteiger charge is -2.01. The first-order valence-electron chi connectivity index (χ1n) is 4.88. The second-order valence-corrected chi connectivity index (χ2v) is 4.28. The molecule has 15 heavy (non-hydrogen) atoms. The van der Waals surface area contributed by atoms with Gasteiger partial charge in [-0.05, 0) is 37.6 Å². The average Bonchev–Trinajstić information content (AvgIpc) is 2.52. The van der Waals surface area contributed by atoms with Crippen molar-refractivity contribution in [3.8, 4) is 11.3 Å². The van der Waals surface area contributed by atoms with Crippen LogP contribution in [0.25, 0.3) is 11.3 Å². The van der Waals surface area contributed by atoms with E-state index in [-0.39, 0.29) is 0 Å². The van der Waals surface area contributed by atoms with Crippen LogP contribution in [-0.4, -0.2) is 9.78 Å². The number of hydrogen-bond acceptors (Lipinski definition) is 2. The summed E-state index contributed by atoms with van der Waals surface area (Å²) in [4.78, 5) is 1.02. The molecule has 0 fully saturated rings. The van der Waals surface area contributed by atoms with E-state index in [0.717, 1.165) is 21.8 Å². The predicted octanol–water partition coefficient (Wildman–Crippen LogP) is 2.99. The molecule has 2 nitrogen and oxygen atoms in total. The molecule has 0 bridgehead atoms. The molecule has 2 rings (SSSR count). The number of aromatic nitrogens is 2. The summed E-state index contributed by atoms with van der Waals surface area (Å²) in [5.41, 5.74) is 4.51. The van der Waals surface area contributed by atoms with Crippen molar-refractivity contribution >= 4 is 12.6 Å². The standard InChI is InChI=1S/C12H14N2S/c1-8-6-10(4-5-12(8)15)11-7-9(2)14(3)13-11/h4-7,15H,1-3H3. The average molecular weight is 218 g/mol. The maximum atomic E-state index is 4.44. The van der Waals surface area contributed by atoms with E-state index in [2.05, 4.69) is 49.8 Å². The van der Waals surface area contributed by atoms with Gasteiger partial charge in [0.2, 0.25) is 0 Å². The number of thiol groups is 1. The molecule has 0 aliphatic heterocycles. The lowest BCUT2D eigenvalue weighted by molar-refractivity contribution is 0.743. The van der Waals surface area contributed by atoms with Crippen LogP contribution >= 0.6 is 12.6 Å². The third kappa shape index (κ3) is 1.92. The van der Waals surface area contributed by atoms with Gasteiger partial charge < -0.3 is 0 Å². The van der Waals surface area contributed by atoms with Crippen molar-refractivity contribution in [3.63, 3.8) is 0 Å². The Bertz CT molecular complexity index is 481. The Labute approximate surface area is 95.3 Å². The molecule has 1 heterocycles. The van der Waals surface area contributed by atoms with Crippen molar-refractivity contribution in [2.45, 2.75) is 18.7 Å². The van der Waals surface area contributed by atoms with E-state index < -0.39 is 0 Å². The minimum atomic E-state index is 1.02. The Hall–Kier alpha value is -1.22. The highest BCUT2D eigenvalue weighted by Gasteiger charge is 2.05. The van der Waals surface area contributed by atoms with Crippen LogP contribution in [0.4, 0.5) is 0 Å². The Morgan fingerprint density at radius 2 is 1.93 bits per heavy atom. The normalized spacial score (nSPS) is 10.7. The van der Waals surface area contributed by atoms with Crippen molar-refractivity contribution in [2.75, 3.05) is 0 Å². The van der Waals surface area contributed by atoms with Crippen LogP contribution in [0.3, 0.4) is 0 Å². The summed E-state index contributed by atoms with van der Waals surface area (Å²) in [6, 6.07) is 8.27. The van der Waals surface area contributed by atoms with E-state index >= 15 is 0 Å². The number of rotatable bonds is 1. The fourth-order valence-corrected chi connectivity index (χ4v) is 1.66. The summed E-state index contributed by atoms with van der Waals surface area (Å²) < 4.78 is 1.89. The molecule has 0 radical (unpaired) electrons. The Morgan fingerprint density at radius 3 is 2.47 bits per heavy atom. The molecule has 0 N–H and O–H groups in total. The van der Waals surface area contributed by atoms with Crippen molar-refractivity contribution in [2.24, 2.45) is 7.05 Å². The van der Waals surface area contributed by atoms with E-state index in [4.69, 9.17) is 0 Å². The second-order valence-electron chi connectivity index (χ2n) is 3.80. The Kier molecular flexibility index (Phi) is 2.57. The minimum absolute atomic E-state index is 1.02. The molecule has 78 valence electrons. The second kappa shape index (κ2) is 3.74. The Balaban J connectivity index is 2.49. The van der Waals surface area contributed by atoms with Gasteiger partial charge in [-0.25, -0.2) is 0 Å². The van der Waals surface area contributed by atoms with Crippen molar-refractivity contribution < 1.29 is 0 Å². The van der Waals surface area contributed by atoms with E-state index in [9.17, 15) is 0 Å². The molecule has 3 heteroatoms. The number of nitrogens with zero attached hydrogens (tertiary/aromatic N) is 2. The molecule has 1 aromatic heterocycles. The zero-order valence-electron chi connectivity index (χ0n) is 9.15. The van der Waals surface area contributed by atoms with Crippen LogP contribution in [-0.2, 0) is 7.05 Å². The monoisotopic (exact) mass is 218 g/mol. The van der Waals surface area contributed by atoms with Gasteiger partial charge in [0.25, 0.3) is 0 Å². The number of benzene rings is 1. The predicted molar refractivity (Wildman–Crippen MR) is 65.4 cm³/mol. The molecule has 0 saturated carbocycles. The fourth-order valence-electron chi connectivity index (χ4n) is 1.52. The zero-order chi connectivity index (χ0) is 11.0. The van der Waals surface area contributed by atoms with Crippen LogP contribution in [0.2, 0.25) is 0 Å². The maximum Gasteiger partial charge on any atom is 0.0925 e. The van der Waals surface area contributed by atoms with Crippen LogP contribution in [0.5, 0.6) is 0 Å². The quantitative estimate of drug-likeness (QED) is 0.728. The molecule has 0 saturated heterocycles. The van der Waals surface area contributed by atoms with Gasteiger partial charge in [-0.3, -0.25) is 4.68 Å². The molecule has 0 aliphatic carbocycles. The summed E-state index contributed by atoms with van der Waals surface area (Å²) in [5.74, 6) is 0. The van der Waals surface area contributed by atoms with Crippen LogP contribution in [0.15, 0.2) is 29.2 Å². The van der Waals surface area contributed by atoms with E-state index in [1.807, 2.05) is 17.8 Å². The summed E-state index contributed by atoms with van der Waals surface area (Å²) in [6.45, 7) is 4.11. The maximum absolute atomic E-state index is 4.44. The molecule has 2 aromatic rings. The first-order valence-corrected chi connectivity index (χ1v) is 5.33. The van der Waals surface area contributed by atoms with Gasteiger partial charge >= 0.3 is 0 Å². The molecule has 1 aromatic carbocycles. The lowest BCUT2D eigenvalue weighted by atomic mass is 10.1. The van der Waals surface area contributed by atoms with Gasteiger partial charge in [0.05, 0.1) is 5.69 Å². The van der Waals surface area contributed by atoms with E-state index in [1.54, 1.807) is 0 Å². The van der Waals surface area contributed by atoms with Gasteiger partial charge in [-0.15, -0.1) is 12.6 Å². The Morgan fingerprint density at radius 1 is 1.20 bits per heavy atom. The first kappa shape index (κ1) is 10.3. The molecule has 0 spiro atoms. The summed E-state index contributed by atoms with van der Waals surface area (Å²) in [5, 5.41) is 4.44. The smallest absolute Gasteiger partial charge is 0.0925 e. The van der Waals surface area contributed by atoms with E-state index in [1.165, 1.54) is 5.56 Å². The molecular weight excluding hydrogens is 204 g/mol. The van der Waals surface area contributed by atoms with Crippen LogP contribution < -0.4 is 0 Å². The molecule has 0 aliphatic rings. The van der Waals surface area contributed by atoms with E-state index in [0.29, 0.717) is 0 Å². The van der Waals surface area contributed by atoms with Crippen molar-refractivity contribution in [1.82, 2.24) is 9.78 Å². The first-order chi connectivity index (χ1) is 7.08.